The molecule has 1 atom stereocenters. The third-order valence-corrected chi connectivity index (χ3v) is 4.05. The van der Waals surface area contributed by atoms with E-state index in [2.05, 4.69) is 15.6 Å². The number of carbonyl (C=O) groups excluding carboxylic acids is 2. The summed E-state index contributed by atoms with van der Waals surface area (Å²) in [6.45, 7) is 2.62. The van der Waals surface area contributed by atoms with Gasteiger partial charge in [0.1, 0.15) is 17.3 Å². The number of nitrogens with one attached hydrogen (secondary N) is 2. The average Bonchev–Trinajstić information content (AvgIpc) is 2.85. The lowest BCUT2D eigenvalue weighted by molar-refractivity contribution is -0.136. The van der Waals surface area contributed by atoms with Crippen LogP contribution in [0.5, 0.6) is 11.6 Å². The summed E-state index contributed by atoms with van der Waals surface area (Å²) in [5.41, 5.74) is 0.820. The quantitative estimate of drug-likeness (QED) is 0.804. The van der Waals surface area contributed by atoms with E-state index in [1.807, 2.05) is 0 Å². The lowest BCUT2D eigenvalue weighted by atomic mass is 10.0. The number of rotatable bonds is 4. The van der Waals surface area contributed by atoms with E-state index >= 15 is 0 Å². The molecule has 142 valence electrons. The Morgan fingerprint density at radius 3 is 3.00 bits per heavy atom. The van der Waals surface area contributed by atoms with Crippen molar-refractivity contribution in [2.75, 3.05) is 18.5 Å². The minimum absolute atomic E-state index is 0.233. The first-order valence-electron chi connectivity index (χ1n) is 8.70. The molecular weight excluding hydrogens is 353 g/mol. The normalized spacial score (nSPS) is 15.7. The molecule has 7 nitrogen and oxygen atoms in total. The Morgan fingerprint density at radius 1 is 1.33 bits per heavy atom. The Hall–Kier alpha value is -3.16. The van der Waals surface area contributed by atoms with Gasteiger partial charge < -0.3 is 20.1 Å². The number of nitrogens with zero attached hydrogens (tertiary/aromatic N) is 1. The maximum atomic E-state index is 13.6. The van der Waals surface area contributed by atoms with E-state index in [-0.39, 0.29) is 5.88 Å². The van der Waals surface area contributed by atoms with Gasteiger partial charge in [-0.15, -0.1) is 0 Å². The molecular formula is C19H20FN3O4. The van der Waals surface area contributed by atoms with Crippen molar-refractivity contribution in [3.05, 3.63) is 47.9 Å². The van der Waals surface area contributed by atoms with E-state index in [1.54, 1.807) is 19.1 Å². The third-order valence-electron chi connectivity index (χ3n) is 4.05. The van der Waals surface area contributed by atoms with Crippen LogP contribution in [0.25, 0.3) is 0 Å². The van der Waals surface area contributed by atoms with Crippen molar-refractivity contribution >= 4 is 17.5 Å². The van der Waals surface area contributed by atoms with Gasteiger partial charge in [0.25, 0.3) is 0 Å². The number of anilines is 1. The number of ether oxygens (including phenoxy) is 2. The fourth-order valence-corrected chi connectivity index (χ4v) is 2.84. The molecule has 0 fully saturated rings. The highest BCUT2D eigenvalue weighted by atomic mass is 19.1. The molecule has 2 N–H and O–H groups in total. The van der Waals surface area contributed by atoms with Crippen LogP contribution in [0.3, 0.4) is 0 Å². The lowest BCUT2D eigenvalue weighted by Crippen LogP contribution is -2.37. The van der Waals surface area contributed by atoms with Crippen molar-refractivity contribution in [3.63, 3.8) is 0 Å². The number of aromatic nitrogens is 1. The van der Waals surface area contributed by atoms with Gasteiger partial charge in [0, 0.05) is 11.8 Å². The topological polar surface area (TPSA) is 89.5 Å². The fourth-order valence-electron chi connectivity index (χ4n) is 2.84. The van der Waals surface area contributed by atoms with Gasteiger partial charge in [-0.2, -0.15) is 0 Å². The van der Waals surface area contributed by atoms with E-state index in [0.717, 1.165) is 0 Å². The van der Waals surface area contributed by atoms with E-state index < -0.39 is 23.7 Å². The first-order chi connectivity index (χ1) is 13.1. The predicted octanol–water partition coefficient (Wildman–Crippen LogP) is 2.59. The molecule has 0 aliphatic carbocycles. The number of fused-ring (bicyclic) bond motifs is 1. The molecule has 0 unspecified atom stereocenters. The molecule has 0 spiro atoms. The number of hydrogen-bond donors (Lipinski definition) is 2. The van der Waals surface area contributed by atoms with Gasteiger partial charge >= 0.3 is 11.8 Å². The van der Waals surface area contributed by atoms with Gasteiger partial charge in [0.05, 0.1) is 19.3 Å². The maximum Gasteiger partial charge on any atom is 0.313 e. The lowest BCUT2D eigenvalue weighted by Gasteiger charge is -2.18. The summed E-state index contributed by atoms with van der Waals surface area (Å²) < 4.78 is 24.5. The van der Waals surface area contributed by atoms with Gasteiger partial charge in [-0.05, 0) is 50.1 Å². The van der Waals surface area contributed by atoms with Crippen LogP contribution in [0.4, 0.5) is 10.1 Å². The number of amides is 2. The van der Waals surface area contributed by atoms with E-state index in [4.69, 9.17) is 9.47 Å². The van der Waals surface area contributed by atoms with Gasteiger partial charge in [-0.1, -0.05) is 0 Å². The summed E-state index contributed by atoms with van der Waals surface area (Å²) in [4.78, 5) is 28.7. The largest absolute Gasteiger partial charge is 0.493 e. The molecule has 0 saturated carbocycles. The summed E-state index contributed by atoms with van der Waals surface area (Å²) in [5, 5.41) is 5.15. The van der Waals surface area contributed by atoms with Gasteiger partial charge in [0.15, 0.2) is 0 Å². The van der Waals surface area contributed by atoms with Crippen LogP contribution < -0.4 is 20.1 Å². The van der Waals surface area contributed by atoms with Crippen molar-refractivity contribution in [2.45, 2.75) is 25.8 Å². The second kappa shape index (κ2) is 8.48. The Kier molecular flexibility index (Phi) is 5.85. The maximum absolute atomic E-state index is 13.6. The second-order valence-corrected chi connectivity index (χ2v) is 5.94. The standard InChI is InChI=1S/C19H20FN3O4/c1-2-26-19-15(5-3-9-21-19)23-18(25)17(24)22-14-6-4-10-27-16-8-7-12(20)11-13(14)16/h3,5,7-9,11,14H,2,4,6,10H2,1H3,(H,22,24)(H,23,25)/t14-/m1/s1. The van der Waals surface area contributed by atoms with Crippen molar-refractivity contribution in [1.29, 1.82) is 0 Å². The van der Waals surface area contributed by atoms with Crippen LogP contribution >= 0.6 is 0 Å². The molecule has 1 aliphatic heterocycles. The van der Waals surface area contributed by atoms with E-state index in [9.17, 15) is 14.0 Å². The molecule has 0 bridgehead atoms. The van der Waals surface area contributed by atoms with Crippen molar-refractivity contribution in [1.82, 2.24) is 10.3 Å². The summed E-state index contributed by atoms with van der Waals surface area (Å²) in [6, 6.07) is 6.84. The highest BCUT2D eigenvalue weighted by Crippen LogP contribution is 2.32. The van der Waals surface area contributed by atoms with E-state index in [0.29, 0.717) is 43.1 Å². The molecule has 0 radical (unpaired) electrons. The van der Waals surface area contributed by atoms with Crippen LogP contribution in [-0.2, 0) is 9.59 Å². The molecule has 2 aromatic rings. The molecule has 1 aromatic heterocycles. The highest BCUT2D eigenvalue weighted by Gasteiger charge is 2.25. The minimum atomic E-state index is -0.855. The third kappa shape index (κ3) is 4.52. The number of pyridine rings is 1. The van der Waals surface area contributed by atoms with Crippen molar-refractivity contribution < 1.29 is 23.5 Å². The number of halogens is 1. The molecule has 2 amide bonds. The van der Waals surface area contributed by atoms with Gasteiger partial charge in [0.2, 0.25) is 5.88 Å². The smallest absolute Gasteiger partial charge is 0.313 e. The van der Waals surface area contributed by atoms with Crippen LogP contribution in [0, 0.1) is 5.82 Å². The predicted molar refractivity (Wildman–Crippen MR) is 96.0 cm³/mol. The van der Waals surface area contributed by atoms with Gasteiger partial charge in [-0.25, -0.2) is 9.37 Å². The second-order valence-electron chi connectivity index (χ2n) is 5.94. The molecule has 3 rings (SSSR count). The minimum Gasteiger partial charge on any atom is -0.493 e. The van der Waals surface area contributed by atoms with Gasteiger partial charge in [-0.3, -0.25) is 9.59 Å². The average molecular weight is 373 g/mol. The van der Waals surface area contributed by atoms with Crippen LogP contribution in [0.2, 0.25) is 0 Å². The zero-order valence-corrected chi connectivity index (χ0v) is 14.8. The summed E-state index contributed by atoms with van der Waals surface area (Å²) in [6.07, 6.45) is 2.73. The number of hydrogen-bond acceptors (Lipinski definition) is 5. The Bertz CT molecular complexity index is 843. The Labute approximate surface area is 155 Å². The molecule has 8 heteroatoms. The first kappa shape index (κ1) is 18.6. The first-order valence-corrected chi connectivity index (χ1v) is 8.70. The fraction of sp³-hybridized carbons (Fsp3) is 0.316. The highest BCUT2D eigenvalue weighted by molar-refractivity contribution is 6.39. The summed E-state index contributed by atoms with van der Waals surface area (Å²) in [5.74, 6) is -1.38. The Morgan fingerprint density at radius 2 is 2.19 bits per heavy atom. The monoisotopic (exact) mass is 373 g/mol. The Balaban J connectivity index is 1.72. The number of carbonyl (C=O) groups is 2. The molecule has 27 heavy (non-hydrogen) atoms. The molecule has 1 aromatic carbocycles. The molecule has 2 heterocycles. The van der Waals surface area contributed by atoms with Crippen LogP contribution in [0.1, 0.15) is 31.4 Å². The molecule has 1 aliphatic rings. The zero-order valence-electron chi connectivity index (χ0n) is 14.8. The molecule has 0 saturated heterocycles. The SMILES string of the molecule is CCOc1ncccc1NC(=O)C(=O)N[C@@H]1CCCOc2ccc(F)cc21. The van der Waals surface area contributed by atoms with Crippen LogP contribution in [-0.4, -0.2) is 30.0 Å². The van der Waals surface area contributed by atoms with Crippen molar-refractivity contribution in [3.8, 4) is 11.6 Å². The van der Waals surface area contributed by atoms with E-state index in [1.165, 1.54) is 24.4 Å². The number of benzene rings is 1. The zero-order chi connectivity index (χ0) is 19.2. The summed E-state index contributed by atoms with van der Waals surface area (Å²) >= 11 is 0. The van der Waals surface area contributed by atoms with Crippen molar-refractivity contribution in [2.24, 2.45) is 0 Å². The van der Waals surface area contributed by atoms with Crippen LogP contribution in [0.15, 0.2) is 36.5 Å². The summed E-state index contributed by atoms with van der Waals surface area (Å²) in [7, 11) is 0.